The van der Waals surface area contributed by atoms with Gasteiger partial charge < -0.3 is 10.1 Å². The van der Waals surface area contributed by atoms with Gasteiger partial charge in [-0.1, -0.05) is 36.4 Å². The predicted octanol–water partition coefficient (Wildman–Crippen LogP) is 3.89. The fourth-order valence-electron chi connectivity index (χ4n) is 2.75. The number of rotatable bonds is 2. The fraction of sp³-hybridized carbons (Fsp3) is 0.0556. The molecule has 0 spiro atoms. The second-order valence-corrected chi connectivity index (χ2v) is 6.11. The molecular formula is C18H11N3O2S. The number of benzene rings is 2. The van der Waals surface area contributed by atoms with E-state index in [1.807, 2.05) is 54.6 Å². The van der Waals surface area contributed by atoms with Gasteiger partial charge in [0, 0.05) is 16.5 Å². The van der Waals surface area contributed by atoms with Gasteiger partial charge in [-0.2, -0.15) is 5.26 Å². The average Bonchev–Trinajstić information content (AvgIpc) is 3.07. The number of nitrogens with one attached hydrogen (secondary N) is 1. The third-order valence-corrected chi connectivity index (χ3v) is 4.55. The molecule has 3 aromatic rings. The summed E-state index contributed by atoms with van der Waals surface area (Å²) in [6, 6.07) is 17.0. The van der Waals surface area contributed by atoms with Crippen molar-refractivity contribution in [3.63, 3.8) is 0 Å². The van der Waals surface area contributed by atoms with Gasteiger partial charge in [0.1, 0.15) is 17.6 Å². The monoisotopic (exact) mass is 333 g/mol. The van der Waals surface area contributed by atoms with Gasteiger partial charge in [-0.3, -0.25) is 4.79 Å². The van der Waals surface area contributed by atoms with Crippen molar-refractivity contribution < 1.29 is 9.53 Å². The highest BCUT2D eigenvalue weighted by Gasteiger charge is 2.32. The number of fused-ring (bicyclic) bond motifs is 2. The van der Waals surface area contributed by atoms with E-state index in [9.17, 15) is 4.79 Å². The smallest absolute Gasteiger partial charge is 0.238 e. The molecule has 0 unspecified atom stereocenters. The maximum absolute atomic E-state index is 12.9. The van der Waals surface area contributed by atoms with E-state index in [0.717, 1.165) is 11.1 Å². The second kappa shape index (κ2) is 5.80. The van der Waals surface area contributed by atoms with Crippen LogP contribution in [0.4, 0.5) is 5.13 Å². The molecule has 0 saturated carbocycles. The lowest BCUT2D eigenvalue weighted by Crippen LogP contribution is -2.25. The third kappa shape index (κ3) is 2.41. The van der Waals surface area contributed by atoms with E-state index in [0.29, 0.717) is 22.3 Å². The molecular weight excluding hydrogens is 322 g/mol. The van der Waals surface area contributed by atoms with Crippen LogP contribution in [0.25, 0.3) is 0 Å². The molecule has 5 nitrogen and oxygen atoms in total. The Morgan fingerprint density at radius 3 is 2.33 bits per heavy atom. The largest absolute Gasteiger partial charge is 0.457 e. The Balaban J connectivity index is 1.74. The molecule has 0 saturated heterocycles. The predicted molar refractivity (Wildman–Crippen MR) is 90.3 cm³/mol. The molecule has 1 aromatic heterocycles. The molecule has 0 atom stereocenters. The molecule has 0 bridgehead atoms. The molecule has 2 aromatic carbocycles. The van der Waals surface area contributed by atoms with Crippen LogP contribution < -0.4 is 10.1 Å². The van der Waals surface area contributed by atoms with E-state index in [1.165, 1.54) is 11.3 Å². The molecule has 1 amide bonds. The first-order valence-corrected chi connectivity index (χ1v) is 8.16. The minimum Gasteiger partial charge on any atom is -0.457 e. The van der Waals surface area contributed by atoms with Crippen LogP contribution in [0.5, 0.6) is 11.5 Å². The van der Waals surface area contributed by atoms with Crippen molar-refractivity contribution in [2.75, 3.05) is 5.32 Å². The summed E-state index contributed by atoms with van der Waals surface area (Å²) in [6.45, 7) is 0. The summed E-state index contributed by atoms with van der Waals surface area (Å²) in [5.74, 6) is 0.666. The van der Waals surface area contributed by atoms with Crippen LogP contribution >= 0.6 is 11.3 Å². The highest BCUT2D eigenvalue weighted by atomic mass is 32.1. The molecule has 1 aliphatic rings. The average molecular weight is 333 g/mol. The van der Waals surface area contributed by atoms with Gasteiger partial charge in [-0.05, 0) is 12.1 Å². The first-order chi connectivity index (χ1) is 11.8. The number of para-hydroxylation sites is 2. The molecule has 0 radical (unpaired) electrons. The molecule has 4 rings (SSSR count). The zero-order valence-corrected chi connectivity index (χ0v) is 13.2. The van der Waals surface area contributed by atoms with Crippen LogP contribution in [0.1, 0.15) is 22.7 Å². The molecule has 0 fully saturated rings. The van der Waals surface area contributed by atoms with E-state index < -0.39 is 5.92 Å². The van der Waals surface area contributed by atoms with Gasteiger partial charge in [-0.15, -0.1) is 11.3 Å². The zero-order valence-electron chi connectivity index (χ0n) is 12.4. The first kappa shape index (κ1) is 14.4. The van der Waals surface area contributed by atoms with Crippen LogP contribution in [-0.4, -0.2) is 10.9 Å². The molecule has 2 heterocycles. The van der Waals surface area contributed by atoms with Gasteiger partial charge in [0.05, 0.1) is 5.92 Å². The van der Waals surface area contributed by atoms with Gasteiger partial charge in [-0.25, -0.2) is 4.98 Å². The molecule has 1 N–H and O–H groups in total. The van der Waals surface area contributed by atoms with Crippen molar-refractivity contribution in [3.8, 4) is 17.6 Å². The lowest BCUT2D eigenvalue weighted by Gasteiger charge is -2.27. The topological polar surface area (TPSA) is 75.0 Å². The Bertz CT molecular complexity index is 929. The second-order valence-electron chi connectivity index (χ2n) is 5.25. The van der Waals surface area contributed by atoms with Crippen LogP contribution in [0.2, 0.25) is 0 Å². The maximum atomic E-state index is 12.9. The molecule has 0 aliphatic carbocycles. The number of nitriles is 1. The molecule has 24 heavy (non-hydrogen) atoms. The zero-order chi connectivity index (χ0) is 16.5. The number of hydrogen-bond donors (Lipinski definition) is 1. The van der Waals surface area contributed by atoms with Gasteiger partial charge in [0.15, 0.2) is 10.8 Å². The van der Waals surface area contributed by atoms with Gasteiger partial charge in [0.2, 0.25) is 5.91 Å². The number of aromatic nitrogens is 1. The highest BCUT2D eigenvalue weighted by molar-refractivity contribution is 7.14. The van der Waals surface area contributed by atoms with Gasteiger partial charge in [0.25, 0.3) is 0 Å². The van der Waals surface area contributed by atoms with Crippen LogP contribution in [0.15, 0.2) is 53.9 Å². The fourth-order valence-corrected chi connectivity index (χ4v) is 3.39. The standard InChI is InChI=1S/C18H11N3O2S/c19-9-11-10-24-18(20-11)21-17(22)16-12-5-1-3-7-14(12)23-15-8-4-2-6-13(15)16/h1-8,10,16H,(H,20,21,22). The van der Waals surface area contributed by atoms with Crippen molar-refractivity contribution in [1.82, 2.24) is 4.98 Å². The number of anilines is 1. The van der Waals surface area contributed by atoms with Gasteiger partial charge >= 0.3 is 0 Å². The highest BCUT2D eigenvalue weighted by Crippen LogP contribution is 2.44. The Morgan fingerprint density at radius 2 is 1.75 bits per heavy atom. The number of hydrogen-bond acceptors (Lipinski definition) is 5. The quantitative estimate of drug-likeness (QED) is 0.772. The van der Waals surface area contributed by atoms with Crippen molar-refractivity contribution in [2.45, 2.75) is 5.92 Å². The SMILES string of the molecule is N#Cc1csc(NC(=O)C2c3ccccc3Oc3ccccc32)n1. The summed E-state index contributed by atoms with van der Waals surface area (Å²) in [5, 5.41) is 13.7. The number of ether oxygens (including phenoxy) is 1. The summed E-state index contributed by atoms with van der Waals surface area (Å²) in [6.07, 6.45) is 0. The minimum absolute atomic E-state index is 0.197. The lowest BCUT2D eigenvalue weighted by molar-refractivity contribution is -0.116. The van der Waals surface area contributed by atoms with E-state index in [4.69, 9.17) is 10.00 Å². The third-order valence-electron chi connectivity index (χ3n) is 3.79. The van der Waals surface area contributed by atoms with Crippen molar-refractivity contribution in [1.29, 1.82) is 5.26 Å². The Labute approximate surface area is 142 Å². The van der Waals surface area contributed by atoms with E-state index in [2.05, 4.69) is 10.3 Å². The number of carbonyl (C=O) groups excluding carboxylic acids is 1. The molecule has 1 aliphatic heterocycles. The molecule has 6 heteroatoms. The van der Waals surface area contributed by atoms with Crippen molar-refractivity contribution in [2.24, 2.45) is 0 Å². The summed E-state index contributed by atoms with van der Waals surface area (Å²) < 4.78 is 5.89. The number of nitrogens with zero attached hydrogens (tertiary/aromatic N) is 2. The molecule has 116 valence electrons. The van der Waals surface area contributed by atoms with Crippen molar-refractivity contribution >= 4 is 22.4 Å². The summed E-state index contributed by atoms with van der Waals surface area (Å²) in [4.78, 5) is 17.0. The van der Waals surface area contributed by atoms with Crippen molar-refractivity contribution in [3.05, 3.63) is 70.7 Å². The number of carbonyl (C=O) groups is 1. The Hall–Kier alpha value is -3.17. The maximum Gasteiger partial charge on any atom is 0.238 e. The van der Waals surface area contributed by atoms with E-state index >= 15 is 0 Å². The lowest BCUT2D eigenvalue weighted by atomic mass is 9.87. The Morgan fingerprint density at radius 1 is 1.12 bits per heavy atom. The summed E-state index contributed by atoms with van der Waals surface area (Å²) >= 11 is 1.23. The number of thiazole rings is 1. The summed E-state index contributed by atoms with van der Waals surface area (Å²) in [5.41, 5.74) is 1.92. The normalized spacial score (nSPS) is 12.5. The first-order valence-electron chi connectivity index (χ1n) is 7.28. The van der Waals surface area contributed by atoms with Crippen LogP contribution in [0, 0.1) is 11.3 Å². The Kier molecular flexibility index (Phi) is 3.48. The number of amides is 1. The summed E-state index contributed by atoms with van der Waals surface area (Å²) in [7, 11) is 0. The van der Waals surface area contributed by atoms with Crippen LogP contribution in [0.3, 0.4) is 0 Å². The van der Waals surface area contributed by atoms with E-state index in [-0.39, 0.29) is 5.91 Å². The van der Waals surface area contributed by atoms with E-state index in [1.54, 1.807) is 5.38 Å². The minimum atomic E-state index is -0.486. The van der Waals surface area contributed by atoms with Crippen LogP contribution in [-0.2, 0) is 4.79 Å².